The van der Waals surface area contributed by atoms with Gasteiger partial charge in [-0.15, -0.1) is 0 Å². The molecule has 0 spiro atoms. The van der Waals surface area contributed by atoms with Gasteiger partial charge in [-0.1, -0.05) is 59.9 Å². The molecule has 10 heteroatoms. The normalized spacial score (nSPS) is 16.6. The Morgan fingerprint density at radius 1 is 0.952 bits per heavy atom. The summed E-state index contributed by atoms with van der Waals surface area (Å²) in [5, 5.41) is 0. The molecule has 0 unspecified atom stereocenters. The summed E-state index contributed by atoms with van der Waals surface area (Å²) in [6.07, 6.45) is 3.41. The third-order valence-corrected chi connectivity index (χ3v) is 9.07. The van der Waals surface area contributed by atoms with Gasteiger partial charge < -0.3 is 14.5 Å². The van der Waals surface area contributed by atoms with Crippen molar-refractivity contribution < 1.29 is 9.53 Å². The number of carbonyl (C=O) groups is 1. The lowest BCUT2D eigenvalue weighted by Gasteiger charge is -2.37. The third-order valence-electron chi connectivity index (χ3n) is 7.69. The molecule has 4 heterocycles. The van der Waals surface area contributed by atoms with Crippen molar-refractivity contribution in [3.8, 4) is 5.75 Å². The monoisotopic (exact) mass is 597 g/mol. The summed E-state index contributed by atoms with van der Waals surface area (Å²) in [5.74, 6) is 1.21. The van der Waals surface area contributed by atoms with E-state index in [-0.39, 0.29) is 11.5 Å². The first-order chi connectivity index (χ1) is 20.3. The maximum Gasteiger partial charge on any atom is 0.267 e. The fraction of sp³-hybridized carbons (Fsp3) is 0.250. The lowest BCUT2D eigenvalue weighted by atomic mass is 10.1. The summed E-state index contributed by atoms with van der Waals surface area (Å²) < 4.78 is 7.34. The van der Waals surface area contributed by atoms with Crippen LogP contribution < -0.4 is 20.1 Å². The Balaban J connectivity index is 1.33. The molecule has 2 aliphatic rings. The highest BCUT2D eigenvalue weighted by molar-refractivity contribution is 8.26. The Labute approximate surface area is 254 Å². The summed E-state index contributed by atoms with van der Waals surface area (Å²) in [7, 11) is 1.66. The van der Waals surface area contributed by atoms with Crippen LogP contribution in [-0.4, -0.2) is 57.8 Å². The number of anilines is 2. The molecule has 42 heavy (non-hydrogen) atoms. The molecule has 8 nitrogen and oxygen atoms in total. The van der Waals surface area contributed by atoms with E-state index in [0.717, 1.165) is 41.2 Å². The van der Waals surface area contributed by atoms with Crippen LogP contribution in [0.4, 0.5) is 11.5 Å². The number of piperazine rings is 1. The minimum absolute atomic E-state index is 0.199. The van der Waals surface area contributed by atoms with Gasteiger partial charge in [-0.3, -0.25) is 18.9 Å². The molecule has 0 bridgehead atoms. The number of aryl methyl sites for hydroxylation is 2. The summed E-state index contributed by atoms with van der Waals surface area (Å²) >= 11 is 6.83. The second-order valence-corrected chi connectivity index (χ2v) is 12.1. The molecule has 0 radical (unpaired) electrons. The number of thioether (sulfide) groups is 1. The molecule has 2 aromatic carbocycles. The molecule has 0 atom stereocenters. The lowest BCUT2D eigenvalue weighted by molar-refractivity contribution is -0.122. The van der Waals surface area contributed by atoms with Crippen LogP contribution >= 0.6 is 24.0 Å². The molecule has 4 aromatic rings. The molecule has 214 valence electrons. The van der Waals surface area contributed by atoms with Crippen molar-refractivity contribution in [1.82, 2.24) is 14.3 Å². The Morgan fingerprint density at radius 2 is 1.64 bits per heavy atom. The quantitative estimate of drug-likeness (QED) is 0.226. The van der Waals surface area contributed by atoms with Crippen molar-refractivity contribution in [3.63, 3.8) is 0 Å². The van der Waals surface area contributed by atoms with Gasteiger partial charge in [0.05, 0.1) is 24.1 Å². The number of hydrogen-bond donors (Lipinski definition) is 0. The average molecular weight is 598 g/mol. The van der Waals surface area contributed by atoms with E-state index in [9.17, 15) is 9.59 Å². The van der Waals surface area contributed by atoms with Crippen molar-refractivity contribution in [1.29, 1.82) is 0 Å². The Morgan fingerprint density at radius 3 is 2.33 bits per heavy atom. The Kier molecular flexibility index (Phi) is 7.74. The number of methoxy groups -OCH3 is 1. The zero-order valence-corrected chi connectivity index (χ0v) is 25.4. The lowest BCUT2D eigenvalue weighted by Crippen LogP contribution is -2.47. The predicted octanol–water partition coefficient (Wildman–Crippen LogP) is 5.05. The molecule has 2 saturated heterocycles. The number of aromatic nitrogens is 2. The summed E-state index contributed by atoms with van der Waals surface area (Å²) in [4.78, 5) is 39.0. The highest BCUT2D eigenvalue weighted by atomic mass is 32.2. The van der Waals surface area contributed by atoms with Crippen molar-refractivity contribution in [2.24, 2.45) is 0 Å². The van der Waals surface area contributed by atoms with Gasteiger partial charge in [0.25, 0.3) is 11.5 Å². The number of rotatable bonds is 6. The van der Waals surface area contributed by atoms with E-state index in [1.807, 2.05) is 62.4 Å². The predicted molar refractivity (Wildman–Crippen MR) is 174 cm³/mol. The summed E-state index contributed by atoms with van der Waals surface area (Å²) in [6.45, 7) is 7.24. The van der Waals surface area contributed by atoms with Gasteiger partial charge in [0.2, 0.25) is 0 Å². The van der Waals surface area contributed by atoms with E-state index in [2.05, 4.69) is 21.9 Å². The number of pyridine rings is 1. The number of ether oxygens (including phenoxy) is 1. The zero-order valence-electron chi connectivity index (χ0n) is 23.7. The molecule has 2 aromatic heterocycles. The van der Waals surface area contributed by atoms with Gasteiger partial charge in [-0.25, -0.2) is 4.98 Å². The number of nitrogens with zero attached hydrogens (tertiary/aromatic N) is 5. The van der Waals surface area contributed by atoms with Crippen LogP contribution in [0.25, 0.3) is 11.7 Å². The van der Waals surface area contributed by atoms with Crippen LogP contribution in [0.1, 0.15) is 22.3 Å². The number of thiocarbonyl (C=S) groups is 1. The number of hydrogen-bond acceptors (Lipinski definition) is 8. The largest absolute Gasteiger partial charge is 0.497 e. The highest BCUT2D eigenvalue weighted by Crippen LogP contribution is 2.35. The van der Waals surface area contributed by atoms with E-state index in [1.165, 1.54) is 11.8 Å². The molecule has 2 aliphatic heterocycles. The van der Waals surface area contributed by atoms with Gasteiger partial charge in [0.15, 0.2) is 0 Å². The van der Waals surface area contributed by atoms with E-state index < -0.39 is 0 Å². The van der Waals surface area contributed by atoms with Gasteiger partial charge >= 0.3 is 0 Å². The van der Waals surface area contributed by atoms with E-state index >= 15 is 0 Å². The summed E-state index contributed by atoms with van der Waals surface area (Å²) in [6, 6.07) is 19.9. The van der Waals surface area contributed by atoms with E-state index in [4.69, 9.17) is 21.9 Å². The smallest absolute Gasteiger partial charge is 0.267 e. The molecular formula is C32H31N5O3S2. The van der Waals surface area contributed by atoms with Crippen LogP contribution in [0.15, 0.2) is 76.6 Å². The number of benzene rings is 2. The minimum atomic E-state index is -0.208. The van der Waals surface area contributed by atoms with Gasteiger partial charge in [-0.05, 0) is 61.4 Å². The molecule has 0 N–H and O–H groups in total. The number of carbonyl (C=O) groups excluding carboxylic acids is 1. The molecule has 0 aliphatic carbocycles. The maximum atomic E-state index is 13.9. The molecule has 0 saturated carbocycles. The minimum Gasteiger partial charge on any atom is -0.497 e. The molecule has 2 fully saturated rings. The highest BCUT2D eigenvalue weighted by Gasteiger charge is 2.33. The van der Waals surface area contributed by atoms with E-state index in [0.29, 0.717) is 45.9 Å². The maximum absolute atomic E-state index is 13.9. The first kappa shape index (κ1) is 28.0. The van der Waals surface area contributed by atoms with Gasteiger partial charge in [-0.2, -0.15) is 0 Å². The van der Waals surface area contributed by atoms with Crippen molar-refractivity contribution in [2.75, 3.05) is 43.1 Å². The number of amides is 1. The summed E-state index contributed by atoms with van der Waals surface area (Å²) in [5.41, 5.74) is 4.97. The first-order valence-electron chi connectivity index (χ1n) is 13.8. The first-order valence-corrected chi connectivity index (χ1v) is 15.0. The van der Waals surface area contributed by atoms with Crippen LogP contribution in [-0.2, 0) is 11.3 Å². The Hall–Kier alpha value is -4.15. The van der Waals surface area contributed by atoms with Crippen molar-refractivity contribution in [3.05, 3.63) is 104 Å². The molecular weight excluding hydrogens is 567 g/mol. The topological polar surface area (TPSA) is 70.4 Å². The zero-order chi connectivity index (χ0) is 29.4. The third kappa shape index (κ3) is 5.39. The van der Waals surface area contributed by atoms with Crippen LogP contribution in [0.2, 0.25) is 0 Å². The van der Waals surface area contributed by atoms with E-state index in [1.54, 1.807) is 28.7 Å². The SMILES string of the molecule is COc1ccc(N2CCN(c3nc4c(C)cccn4c(=O)c3C=C3SC(=S)N(Cc4ccc(C)cc4)C3=O)CC2)cc1. The van der Waals surface area contributed by atoms with Crippen molar-refractivity contribution >= 4 is 57.4 Å². The van der Waals surface area contributed by atoms with Gasteiger partial charge in [0, 0.05) is 38.1 Å². The number of fused-ring (bicyclic) bond motifs is 1. The van der Waals surface area contributed by atoms with Crippen LogP contribution in [0.5, 0.6) is 5.75 Å². The van der Waals surface area contributed by atoms with Crippen LogP contribution in [0.3, 0.4) is 0 Å². The fourth-order valence-electron chi connectivity index (χ4n) is 5.28. The van der Waals surface area contributed by atoms with Crippen molar-refractivity contribution in [2.45, 2.75) is 20.4 Å². The average Bonchev–Trinajstić information content (AvgIpc) is 3.27. The second-order valence-electron chi connectivity index (χ2n) is 10.5. The standard InChI is InChI=1S/C32H31N5O3S2/c1-21-6-8-23(9-7-21)20-37-31(39)27(42-32(37)41)19-26-29(33-28-22(2)5-4-14-36(28)30(26)38)35-17-15-34(16-18-35)24-10-12-25(40-3)13-11-24/h4-14,19H,15-18,20H2,1-3H3. The fourth-order valence-corrected chi connectivity index (χ4v) is 6.52. The Bertz CT molecular complexity index is 1760. The molecule has 6 rings (SSSR count). The van der Waals surface area contributed by atoms with Crippen LogP contribution in [0, 0.1) is 13.8 Å². The molecule has 1 amide bonds. The van der Waals surface area contributed by atoms with Gasteiger partial charge in [0.1, 0.15) is 21.5 Å². The second kappa shape index (κ2) is 11.6.